The first-order valence-electron chi connectivity index (χ1n) is 13.9. The maximum absolute atomic E-state index is 13.1. The van der Waals surface area contributed by atoms with Crippen molar-refractivity contribution in [2.75, 3.05) is 39.3 Å². The van der Waals surface area contributed by atoms with Crippen molar-refractivity contribution in [1.82, 2.24) is 20.0 Å². The first-order valence-corrected chi connectivity index (χ1v) is 14.2. The summed E-state index contributed by atoms with van der Waals surface area (Å²) < 4.78 is 0. The van der Waals surface area contributed by atoms with Gasteiger partial charge in [0.05, 0.1) is 11.6 Å². The molecule has 3 aromatic carbocycles. The minimum absolute atomic E-state index is 0.00716. The molecule has 40 heavy (non-hydrogen) atoms. The standard InChI is InChI=1S/C32H34ClN5O2/c33-29-11-5-26(6-12-29)23-37-17-19-38(20-18-37)32(40)28-9-7-27(8-10-28)31(39)35-30-13-15-36(16-14-30)22-25-3-1-24(21-34)2-4-25/h1-12,30H,13-20,22-23H2,(H,35,39). The molecule has 2 fully saturated rings. The molecule has 0 saturated carbocycles. The van der Waals surface area contributed by atoms with E-state index in [2.05, 4.69) is 21.2 Å². The fraction of sp³-hybridized carbons (Fsp3) is 0.344. The number of nitriles is 1. The number of nitrogens with zero attached hydrogens (tertiary/aromatic N) is 4. The van der Waals surface area contributed by atoms with E-state index in [1.165, 1.54) is 11.1 Å². The van der Waals surface area contributed by atoms with Gasteiger partial charge in [0.1, 0.15) is 0 Å². The predicted molar refractivity (Wildman–Crippen MR) is 156 cm³/mol. The van der Waals surface area contributed by atoms with Crippen molar-refractivity contribution in [2.45, 2.75) is 32.0 Å². The van der Waals surface area contributed by atoms with Crippen LogP contribution >= 0.6 is 11.6 Å². The Hall–Kier alpha value is -3.70. The summed E-state index contributed by atoms with van der Waals surface area (Å²) in [6.45, 7) is 6.51. The quantitative estimate of drug-likeness (QED) is 0.462. The lowest BCUT2D eigenvalue weighted by Gasteiger charge is -2.34. The van der Waals surface area contributed by atoms with E-state index >= 15 is 0 Å². The zero-order valence-corrected chi connectivity index (χ0v) is 23.3. The molecule has 0 atom stereocenters. The number of carbonyl (C=O) groups is 2. The van der Waals surface area contributed by atoms with Gasteiger partial charge >= 0.3 is 0 Å². The van der Waals surface area contributed by atoms with Crippen LogP contribution < -0.4 is 5.32 Å². The average Bonchev–Trinajstić information content (AvgIpc) is 3.00. The molecule has 2 aliphatic rings. The smallest absolute Gasteiger partial charge is 0.253 e. The minimum Gasteiger partial charge on any atom is -0.349 e. The first-order chi connectivity index (χ1) is 19.5. The third-order valence-corrected chi connectivity index (χ3v) is 8.04. The number of piperidine rings is 1. The van der Waals surface area contributed by atoms with Crippen LogP contribution in [-0.2, 0) is 13.1 Å². The number of amides is 2. The zero-order valence-electron chi connectivity index (χ0n) is 22.6. The Morgan fingerprint density at radius 1 is 0.750 bits per heavy atom. The highest BCUT2D eigenvalue weighted by Crippen LogP contribution is 2.17. The zero-order chi connectivity index (χ0) is 27.9. The topological polar surface area (TPSA) is 79.7 Å². The van der Waals surface area contributed by atoms with Crippen LogP contribution in [-0.4, -0.2) is 71.8 Å². The van der Waals surface area contributed by atoms with Crippen molar-refractivity contribution in [3.63, 3.8) is 0 Å². The lowest BCUT2D eigenvalue weighted by Crippen LogP contribution is -2.48. The lowest BCUT2D eigenvalue weighted by molar-refractivity contribution is 0.0628. The molecule has 2 aliphatic heterocycles. The monoisotopic (exact) mass is 555 g/mol. The number of benzene rings is 3. The van der Waals surface area contributed by atoms with Crippen molar-refractivity contribution >= 4 is 23.4 Å². The van der Waals surface area contributed by atoms with E-state index in [4.69, 9.17) is 16.9 Å². The van der Waals surface area contributed by atoms with Gasteiger partial charge in [-0.25, -0.2) is 0 Å². The molecule has 3 aromatic rings. The van der Waals surface area contributed by atoms with Gasteiger partial charge in [-0.2, -0.15) is 5.26 Å². The lowest BCUT2D eigenvalue weighted by atomic mass is 10.0. The first kappa shape index (κ1) is 27.9. The van der Waals surface area contributed by atoms with E-state index in [9.17, 15) is 9.59 Å². The van der Waals surface area contributed by atoms with Crippen LogP contribution in [0, 0.1) is 11.3 Å². The highest BCUT2D eigenvalue weighted by atomic mass is 35.5. The molecule has 7 nitrogen and oxygen atoms in total. The second kappa shape index (κ2) is 13.1. The Bertz CT molecular complexity index is 1340. The van der Waals surface area contributed by atoms with Crippen LogP contribution in [0.25, 0.3) is 0 Å². The number of hydrogen-bond donors (Lipinski definition) is 1. The summed E-state index contributed by atoms with van der Waals surface area (Å²) in [5.74, 6) is -0.0897. The summed E-state index contributed by atoms with van der Waals surface area (Å²) in [4.78, 5) is 32.6. The highest BCUT2D eigenvalue weighted by Gasteiger charge is 2.24. The molecule has 2 heterocycles. The van der Waals surface area contributed by atoms with Crippen LogP contribution in [0.1, 0.15) is 50.2 Å². The van der Waals surface area contributed by atoms with E-state index in [1.807, 2.05) is 53.4 Å². The Labute approximate surface area is 240 Å². The summed E-state index contributed by atoms with van der Waals surface area (Å²) in [5, 5.41) is 12.9. The molecule has 5 rings (SSSR count). The van der Waals surface area contributed by atoms with E-state index < -0.39 is 0 Å². The number of rotatable bonds is 7. The average molecular weight is 556 g/mol. The molecule has 1 N–H and O–H groups in total. The molecule has 0 radical (unpaired) electrons. The van der Waals surface area contributed by atoms with Crippen LogP contribution in [0.5, 0.6) is 0 Å². The van der Waals surface area contributed by atoms with Crippen molar-refractivity contribution in [1.29, 1.82) is 5.26 Å². The predicted octanol–water partition coefficient (Wildman–Crippen LogP) is 4.56. The molecule has 0 aliphatic carbocycles. The number of nitrogens with one attached hydrogen (secondary N) is 1. The third kappa shape index (κ3) is 7.28. The van der Waals surface area contributed by atoms with Gasteiger partial charge < -0.3 is 10.2 Å². The van der Waals surface area contributed by atoms with Gasteiger partial charge in [-0.3, -0.25) is 19.4 Å². The molecule has 2 saturated heterocycles. The van der Waals surface area contributed by atoms with E-state index in [0.717, 1.165) is 57.1 Å². The summed E-state index contributed by atoms with van der Waals surface area (Å²) >= 11 is 5.98. The molecule has 8 heteroatoms. The third-order valence-electron chi connectivity index (χ3n) is 7.78. The van der Waals surface area contributed by atoms with E-state index in [-0.39, 0.29) is 17.9 Å². The van der Waals surface area contributed by atoms with Crippen molar-refractivity contribution in [3.8, 4) is 6.07 Å². The summed E-state index contributed by atoms with van der Waals surface area (Å²) in [6.07, 6.45) is 1.78. The molecule has 2 amide bonds. The van der Waals surface area contributed by atoms with Gasteiger partial charge in [-0.05, 0) is 72.5 Å². The van der Waals surface area contributed by atoms with Gasteiger partial charge in [0, 0.05) is 74.5 Å². The fourth-order valence-electron chi connectivity index (χ4n) is 5.35. The molecular weight excluding hydrogens is 522 g/mol. The molecule has 0 aromatic heterocycles. The largest absolute Gasteiger partial charge is 0.349 e. The van der Waals surface area contributed by atoms with Crippen LogP contribution in [0.15, 0.2) is 72.8 Å². The maximum Gasteiger partial charge on any atom is 0.253 e. The van der Waals surface area contributed by atoms with Gasteiger partial charge in [-0.1, -0.05) is 35.9 Å². The van der Waals surface area contributed by atoms with Gasteiger partial charge in [0.25, 0.3) is 11.8 Å². The number of carbonyl (C=O) groups excluding carboxylic acids is 2. The fourth-order valence-corrected chi connectivity index (χ4v) is 5.48. The number of piperazine rings is 1. The van der Waals surface area contributed by atoms with Crippen molar-refractivity contribution in [3.05, 3.63) is 106 Å². The SMILES string of the molecule is N#Cc1ccc(CN2CCC(NC(=O)c3ccc(C(=O)N4CCN(Cc5ccc(Cl)cc5)CC4)cc3)CC2)cc1. The van der Waals surface area contributed by atoms with Crippen molar-refractivity contribution in [2.24, 2.45) is 0 Å². The van der Waals surface area contributed by atoms with Gasteiger partial charge in [0.15, 0.2) is 0 Å². The van der Waals surface area contributed by atoms with Gasteiger partial charge in [-0.15, -0.1) is 0 Å². The normalized spacial score (nSPS) is 16.9. The van der Waals surface area contributed by atoms with E-state index in [1.54, 1.807) is 24.3 Å². The van der Waals surface area contributed by atoms with Crippen LogP contribution in [0.2, 0.25) is 5.02 Å². The highest BCUT2D eigenvalue weighted by molar-refractivity contribution is 6.30. The summed E-state index contributed by atoms with van der Waals surface area (Å²) in [7, 11) is 0. The summed E-state index contributed by atoms with van der Waals surface area (Å²) in [5.41, 5.74) is 4.26. The maximum atomic E-state index is 13.1. The molecule has 0 unspecified atom stereocenters. The van der Waals surface area contributed by atoms with Crippen LogP contribution in [0.4, 0.5) is 0 Å². The molecular formula is C32H34ClN5O2. The second-order valence-electron chi connectivity index (χ2n) is 10.6. The Kier molecular flexibility index (Phi) is 9.12. The van der Waals surface area contributed by atoms with Crippen molar-refractivity contribution < 1.29 is 9.59 Å². The Balaban J connectivity index is 1.05. The molecule has 0 bridgehead atoms. The number of hydrogen-bond acceptors (Lipinski definition) is 5. The van der Waals surface area contributed by atoms with Gasteiger partial charge in [0.2, 0.25) is 0 Å². The second-order valence-corrected chi connectivity index (χ2v) is 11.0. The number of likely N-dealkylation sites (tertiary alicyclic amines) is 1. The molecule has 0 spiro atoms. The molecule has 206 valence electrons. The minimum atomic E-state index is -0.0969. The Morgan fingerprint density at radius 3 is 1.85 bits per heavy atom. The van der Waals surface area contributed by atoms with Crippen LogP contribution in [0.3, 0.4) is 0 Å². The van der Waals surface area contributed by atoms with E-state index in [0.29, 0.717) is 29.8 Å². The number of halogens is 1. The Morgan fingerprint density at radius 2 is 1.27 bits per heavy atom. The summed E-state index contributed by atoms with van der Waals surface area (Å²) in [6, 6.07) is 24.9.